The zero-order chi connectivity index (χ0) is 18.4. The normalized spacial score (nSPS) is 10.7. The highest BCUT2D eigenvalue weighted by Gasteiger charge is 2.09. The maximum absolute atomic E-state index is 11.7. The topological polar surface area (TPSA) is 93.8 Å². The third kappa shape index (κ3) is 5.32. The Morgan fingerprint density at radius 1 is 1.24 bits per heavy atom. The number of hydrazone groups is 1. The van der Waals surface area contributed by atoms with Crippen LogP contribution < -0.4 is 10.2 Å². The number of nitro benzene ring substituents is 1. The van der Waals surface area contributed by atoms with Gasteiger partial charge in [-0.1, -0.05) is 40.9 Å². The predicted octanol–water partition coefficient (Wildman–Crippen LogP) is 4.08. The van der Waals surface area contributed by atoms with Crippen molar-refractivity contribution in [2.45, 2.75) is 0 Å². The Labute approximate surface area is 157 Å². The lowest BCUT2D eigenvalue weighted by atomic mass is 10.2. The van der Waals surface area contributed by atoms with E-state index < -0.39 is 10.8 Å². The van der Waals surface area contributed by atoms with Crippen molar-refractivity contribution in [1.82, 2.24) is 5.43 Å². The van der Waals surface area contributed by atoms with E-state index in [-0.39, 0.29) is 33.7 Å². The van der Waals surface area contributed by atoms with Crippen LogP contribution in [0.3, 0.4) is 0 Å². The molecule has 0 bridgehead atoms. The SMILES string of the molecule is O=C(COc1cccc(Cl)c1Cl)N/N=C/c1cc([N+](=O)[O-])ccc1Cl. The summed E-state index contributed by atoms with van der Waals surface area (Å²) in [7, 11) is 0. The molecule has 0 aliphatic heterocycles. The molecular weight excluding hydrogens is 393 g/mol. The number of carbonyl (C=O) groups is 1. The molecule has 0 spiro atoms. The van der Waals surface area contributed by atoms with Gasteiger partial charge in [-0.05, 0) is 18.2 Å². The Balaban J connectivity index is 1.93. The molecule has 1 N–H and O–H groups in total. The molecule has 0 fully saturated rings. The summed E-state index contributed by atoms with van der Waals surface area (Å²) in [5, 5.41) is 15.2. The molecule has 25 heavy (non-hydrogen) atoms. The van der Waals surface area contributed by atoms with Gasteiger partial charge in [-0.2, -0.15) is 5.10 Å². The number of amides is 1. The van der Waals surface area contributed by atoms with E-state index >= 15 is 0 Å². The highest BCUT2D eigenvalue weighted by Crippen LogP contribution is 2.31. The smallest absolute Gasteiger partial charge is 0.277 e. The molecule has 2 rings (SSSR count). The zero-order valence-corrected chi connectivity index (χ0v) is 14.7. The van der Waals surface area contributed by atoms with Gasteiger partial charge in [-0.15, -0.1) is 0 Å². The van der Waals surface area contributed by atoms with Gasteiger partial charge in [0.05, 0.1) is 16.2 Å². The molecule has 0 saturated heterocycles. The van der Waals surface area contributed by atoms with Gasteiger partial charge in [0, 0.05) is 22.7 Å². The van der Waals surface area contributed by atoms with E-state index in [4.69, 9.17) is 39.5 Å². The van der Waals surface area contributed by atoms with Crippen molar-refractivity contribution in [2.24, 2.45) is 5.10 Å². The number of nitrogens with zero attached hydrogens (tertiary/aromatic N) is 2. The number of carbonyl (C=O) groups excluding carboxylic acids is 1. The molecule has 0 unspecified atom stereocenters. The van der Waals surface area contributed by atoms with Crippen LogP contribution in [-0.2, 0) is 4.79 Å². The third-order valence-electron chi connectivity index (χ3n) is 2.86. The average Bonchev–Trinajstić information content (AvgIpc) is 2.57. The van der Waals surface area contributed by atoms with Crippen LogP contribution in [0.25, 0.3) is 0 Å². The molecule has 0 saturated carbocycles. The van der Waals surface area contributed by atoms with Gasteiger partial charge in [-0.3, -0.25) is 14.9 Å². The van der Waals surface area contributed by atoms with Crippen molar-refractivity contribution in [3.63, 3.8) is 0 Å². The van der Waals surface area contributed by atoms with Gasteiger partial charge in [0.2, 0.25) is 0 Å². The van der Waals surface area contributed by atoms with Crippen molar-refractivity contribution in [3.05, 3.63) is 67.1 Å². The van der Waals surface area contributed by atoms with E-state index in [1.54, 1.807) is 18.2 Å². The number of nitro groups is 1. The second-order valence-corrected chi connectivity index (χ2v) is 5.79. The minimum Gasteiger partial charge on any atom is -0.482 e. The Kier molecular flexibility index (Phi) is 6.58. The van der Waals surface area contributed by atoms with E-state index in [0.717, 1.165) is 0 Å². The van der Waals surface area contributed by atoms with E-state index in [1.165, 1.54) is 24.4 Å². The van der Waals surface area contributed by atoms with Crippen LogP contribution in [0, 0.1) is 10.1 Å². The van der Waals surface area contributed by atoms with Crippen molar-refractivity contribution in [3.8, 4) is 5.75 Å². The summed E-state index contributed by atoms with van der Waals surface area (Å²) in [6.45, 7) is -0.347. The monoisotopic (exact) mass is 401 g/mol. The van der Waals surface area contributed by atoms with Gasteiger partial charge < -0.3 is 4.74 Å². The van der Waals surface area contributed by atoms with Crippen LogP contribution in [-0.4, -0.2) is 23.7 Å². The average molecular weight is 403 g/mol. The second kappa shape index (κ2) is 8.66. The fourth-order valence-electron chi connectivity index (χ4n) is 1.69. The molecule has 0 heterocycles. The standard InChI is InChI=1S/C15H10Cl3N3O4/c16-11-5-4-10(21(23)24)6-9(11)7-19-20-14(22)8-25-13-3-1-2-12(17)15(13)18/h1-7H,8H2,(H,20,22)/b19-7+. The molecule has 0 aliphatic rings. The Morgan fingerprint density at radius 3 is 2.72 bits per heavy atom. The first kappa shape index (κ1) is 19.0. The molecule has 0 aliphatic carbocycles. The molecule has 0 atom stereocenters. The van der Waals surface area contributed by atoms with Crippen molar-refractivity contribution in [1.29, 1.82) is 0 Å². The summed E-state index contributed by atoms with van der Waals surface area (Å²) < 4.78 is 5.24. The summed E-state index contributed by atoms with van der Waals surface area (Å²) in [4.78, 5) is 21.9. The second-order valence-electron chi connectivity index (χ2n) is 4.60. The highest BCUT2D eigenvalue weighted by molar-refractivity contribution is 6.42. The summed E-state index contributed by atoms with van der Waals surface area (Å²) in [5.74, 6) is -0.302. The molecule has 1 amide bonds. The Morgan fingerprint density at radius 2 is 2.00 bits per heavy atom. The molecule has 7 nitrogen and oxygen atoms in total. The summed E-state index contributed by atoms with van der Waals surface area (Å²) >= 11 is 17.7. The molecule has 2 aromatic rings. The fourth-order valence-corrected chi connectivity index (χ4v) is 2.20. The lowest BCUT2D eigenvalue weighted by molar-refractivity contribution is -0.384. The number of hydrogen-bond donors (Lipinski definition) is 1. The van der Waals surface area contributed by atoms with Crippen LogP contribution in [0.15, 0.2) is 41.5 Å². The van der Waals surface area contributed by atoms with Crippen LogP contribution in [0.4, 0.5) is 5.69 Å². The molecule has 2 aromatic carbocycles. The molecule has 0 aromatic heterocycles. The Bertz CT molecular complexity index is 843. The quantitative estimate of drug-likeness (QED) is 0.447. The first-order valence-corrected chi connectivity index (χ1v) is 7.84. The lowest BCUT2D eigenvalue weighted by Gasteiger charge is -2.07. The summed E-state index contributed by atoms with van der Waals surface area (Å²) in [6, 6.07) is 8.65. The number of hydrogen-bond acceptors (Lipinski definition) is 5. The van der Waals surface area contributed by atoms with E-state index in [2.05, 4.69) is 10.5 Å². The summed E-state index contributed by atoms with van der Waals surface area (Å²) in [5.41, 5.74) is 2.36. The van der Waals surface area contributed by atoms with Crippen molar-refractivity contribution < 1.29 is 14.5 Å². The number of non-ortho nitro benzene ring substituents is 1. The third-order valence-corrected chi connectivity index (χ3v) is 4.00. The van der Waals surface area contributed by atoms with E-state index in [1.807, 2.05) is 0 Å². The first-order chi connectivity index (χ1) is 11.9. The van der Waals surface area contributed by atoms with Crippen LogP contribution in [0.1, 0.15) is 5.56 Å². The van der Waals surface area contributed by atoms with Gasteiger partial charge in [0.25, 0.3) is 11.6 Å². The number of nitrogens with one attached hydrogen (secondary N) is 1. The van der Waals surface area contributed by atoms with Gasteiger partial charge >= 0.3 is 0 Å². The number of benzene rings is 2. The number of rotatable bonds is 6. The van der Waals surface area contributed by atoms with Crippen LogP contribution in [0.5, 0.6) is 5.75 Å². The molecule has 10 heteroatoms. The lowest BCUT2D eigenvalue weighted by Crippen LogP contribution is -2.24. The summed E-state index contributed by atoms with van der Waals surface area (Å²) in [6.07, 6.45) is 1.19. The Hall–Kier alpha value is -2.35. The minimum atomic E-state index is -0.561. The minimum absolute atomic E-state index is 0.142. The van der Waals surface area contributed by atoms with E-state index in [9.17, 15) is 14.9 Å². The molecule has 0 radical (unpaired) electrons. The fraction of sp³-hybridized carbons (Fsp3) is 0.0667. The molecule has 130 valence electrons. The predicted molar refractivity (Wildman–Crippen MR) is 95.8 cm³/mol. The van der Waals surface area contributed by atoms with Crippen molar-refractivity contribution >= 4 is 52.6 Å². The van der Waals surface area contributed by atoms with Crippen LogP contribution in [0.2, 0.25) is 15.1 Å². The number of ether oxygens (including phenoxy) is 1. The van der Waals surface area contributed by atoms with Crippen molar-refractivity contribution in [2.75, 3.05) is 6.61 Å². The van der Waals surface area contributed by atoms with E-state index in [0.29, 0.717) is 5.02 Å². The molecular formula is C15H10Cl3N3O4. The van der Waals surface area contributed by atoms with Gasteiger partial charge in [-0.25, -0.2) is 5.43 Å². The van der Waals surface area contributed by atoms with Gasteiger partial charge in [0.1, 0.15) is 10.8 Å². The van der Waals surface area contributed by atoms with Gasteiger partial charge in [0.15, 0.2) is 6.61 Å². The van der Waals surface area contributed by atoms with Crippen LogP contribution >= 0.6 is 34.8 Å². The highest BCUT2D eigenvalue weighted by atomic mass is 35.5. The maximum atomic E-state index is 11.7. The largest absolute Gasteiger partial charge is 0.482 e. The maximum Gasteiger partial charge on any atom is 0.277 e. The zero-order valence-electron chi connectivity index (χ0n) is 12.4. The first-order valence-electron chi connectivity index (χ1n) is 6.71. The number of halogens is 3.